The summed E-state index contributed by atoms with van der Waals surface area (Å²) in [5.41, 5.74) is 2.33. The second-order valence-corrected chi connectivity index (χ2v) is 5.90. The molecule has 6 heteroatoms. The predicted molar refractivity (Wildman–Crippen MR) is 97.2 cm³/mol. The minimum Gasteiger partial charge on any atom is -0.326 e. The smallest absolute Gasteiger partial charge is 0.238 e. The molecule has 2 amide bonds. The maximum Gasteiger partial charge on any atom is 0.238 e. The number of nitrogens with one attached hydrogen (secondary N) is 3. The van der Waals surface area contributed by atoms with E-state index in [1.54, 1.807) is 24.3 Å². The summed E-state index contributed by atoms with van der Waals surface area (Å²) in [5.74, 6) is -0.312. The van der Waals surface area contributed by atoms with E-state index < -0.39 is 0 Å². The van der Waals surface area contributed by atoms with E-state index in [9.17, 15) is 9.59 Å². The van der Waals surface area contributed by atoms with Gasteiger partial charge in [-0.1, -0.05) is 29.8 Å². The van der Waals surface area contributed by atoms with Crippen LogP contribution in [0.5, 0.6) is 0 Å². The first-order valence-electron chi connectivity index (χ1n) is 7.60. The van der Waals surface area contributed by atoms with Crippen LogP contribution in [0.1, 0.15) is 25.5 Å². The molecule has 24 heavy (non-hydrogen) atoms. The molecule has 1 atom stereocenters. The number of halogens is 1. The van der Waals surface area contributed by atoms with Gasteiger partial charge in [-0.3, -0.25) is 9.59 Å². The lowest BCUT2D eigenvalue weighted by molar-refractivity contribution is -0.115. The van der Waals surface area contributed by atoms with E-state index in [2.05, 4.69) is 16.0 Å². The molecule has 0 radical (unpaired) electrons. The van der Waals surface area contributed by atoms with E-state index in [0.29, 0.717) is 16.4 Å². The lowest BCUT2D eigenvalue weighted by Crippen LogP contribution is -2.30. The molecule has 1 unspecified atom stereocenters. The molecule has 0 heterocycles. The fourth-order valence-electron chi connectivity index (χ4n) is 2.20. The Labute approximate surface area is 146 Å². The number of anilines is 2. The normalized spacial score (nSPS) is 11.6. The molecule has 0 aliphatic carbocycles. The minimum absolute atomic E-state index is 0.0266. The molecule has 0 aliphatic heterocycles. The third kappa shape index (κ3) is 5.68. The van der Waals surface area contributed by atoms with Crippen LogP contribution in [0.3, 0.4) is 0 Å². The third-order valence-electron chi connectivity index (χ3n) is 3.41. The first-order valence-corrected chi connectivity index (χ1v) is 7.98. The van der Waals surface area contributed by atoms with Gasteiger partial charge in [0.1, 0.15) is 0 Å². The molecule has 0 saturated carbocycles. The van der Waals surface area contributed by atoms with E-state index in [1.807, 2.05) is 31.2 Å². The number of hydrogen-bond acceptors (Lipinski definition) is 3. The molecular formula is C18H20ClN3O2. The summed E-state index contributed by atoms with van der Waals surface area (Å²) in [6, 6.07) is 14.5. The second kappa shape index (κ2) is 8.47. The van der Waals surface area contributed by atoms with Gasteiger partial charge in [-0.25, -0.2) is 0 Å². The summed E-state index contributed by atoms with van der Waals surface area (Å²) in [5, 5.41) is 9.32. The van der Waals surface area contributed by atoms with Gasteiger partial charge in [-0.2, -0.15) is 0 Å². The maximum absolute atomic E-state index is 12.1. The van der Waals surface area contributed by atoms with E-state index in [-0.39, 0.29) is 24.4 Å². The Morgan fingerprint density at radius 2 is 1.67 bits per heavy atom. The van der Waals surface area contributed by atoms with Gasteiger partial charge >= 0.3 is 0 Å². The van der Waals surface area contributed by atoms with Crippen LogP contribution < -0.4 is 16.0 Å². The highest BCUT2D eigenvalue weighted by molar-refractivity contribution is 6.30. The lowest BCUT2D eigenvalue weighted by atomic mass is 10.1. The fourth-order valence-corrected chi connectivity index (χ4v) is 2.32. The summed E-state index contributed by atoms with van der Waals surface area (Å²) >= 11 is 5.87. The zero-order valence-electron chi connectivity index (χ0n) is 13.6. The number of rotatable bonds is 6. The quantitative estimate of drug-likeness (QED) is 0.749. The molecule has 3 N–H and O–H groups in total. The number of benzene rings is 2. The number of amides is 2. The van der Waals surface area contributed by atoms with Crippen LogP contribution in [0.4, 0.5) is 11.4 Å². The number of hydrogen-bond donors (Lipinski definition) is 3. The number of carbonyl (C=O) groups excluding carboxylic acids is 2. The highest BCUT2D eigenvalue weighted by Gasteiger charge is 2.08. The molecule has 0 bridgehead atoms. The second-order valence-electron chi connectivity index (χ2n) is 5.46. The van der Waals surface area contributed by atoms with Crippen molar-refractivity contribution >= 4 is 34.8 Å². The Kier molecular flexibility index (Phi) is 6.35. The highest BCUT2D eigenvalue weighted by Crippen LogP contribution is 2.17. The molecule has 0 saturated heterocycles. The first-order chi connectivity index (χ1) is 11.4. The fraction of sp³-hybridized carbons (Fsp3) is 0.222. The van der Waals surface area contributed by atoms with Crippen molar-refractivity contribution < 1.29 is 9.59 Å². The SMILES string of the molecule is CC(=O)Nc1cccc(NC(=O)CNC(C)c2ccc(Cl)cc2)c1. The molecule has 0 aromatic heterocycles. The zero-order chi connectivity index (χ0) is 17.5. The first kappa shape index (κ1) is 18.0. The summed E-state index contributed by atoms with van der Waals surface area (Å²) < 4.78 is 0. The van der Waals surface area contributed by atoms with E-state index in [0.717, 1.165) is 5.56 Å². The van der Waals surface area contributed by atoms with Crippen LogP contribution in [-0.4, -0.2) is 18.4 Å². The van der Waals surface area contributed by atoms with Gasteiger partial charge in [0, 0.05) is 29.4 Å². The molecular weight excluding hydrogens is 326 g/mol. The average molecular weight is 346 g/mol. The molecule has 2 aromatic carbocycles. The van der Waals surface area contributed by atoms with Gasteiger partial charge in [0.15, 0.2) is 0 Å². The standard InChI is InChI=1S/C18H20ClN3O2/c1-12(14-6-8-15(19)9-7-14)20-11-18(24)22-17-5-3-4-16(10-17)21-13(2)23/h3-10,12,20H,11H2,1-2H3,(H,21,23)(H,22,24). The van der Waals surface area contributed by atoms with Crippen molar-refractivity contribution in [3.8, 4) is 0 Å². The highest BCUT2D eigenvalue weighted by atomic mass is 35.5. The number of carbonyl (C=O) groups is 2. The summed E-state index contributed by atoms with van der Waals surface area (Å²) in [6.07, 6.45) is 0. The summed E-state index contributed by atoms with van der Waals surface area (Å²) in [4.78, 5) is 23.1. The predicted octanol–water partition coefficient (Wildman–Crippen LogP) is 3.59. The Hall–Kier alpha value is -2.37. The van der Waals surface area contributed by atoms with Crippen molar-refractivity contribution in [2.24, 2.45) is 0 Å². The monoisotopic (exact) mass is 345 g/mol. The Bertz CT molecular complexity index is 716. The third-order valence-corrected chi connectivity index (χ3v) is 3.66. The van der Waals surface area contributed by atoms with Gasteiger partial charge in [0.05, 0.1) is 6.54 Å². The van der Waals surface area contributed by atoms with Crippen LogP contribution >= 0.6 is 11.6 Å². The molecule has 2 rings (SSSR count). The van der Waals surface area contributed by atoms with Gasteiger partial charge in [-0.05, 0) is 42.8 Å². The van der Waals surface area contributed by atoms with Crippen molar-refractivity contribution in [2.75, 3.05) is 17.2 Å². The molecule has 2 aromatic rings. The molecule has 5 nitrogen and oxygen atoms in total. The summed E-state index contributed by atoms with van der Waals surface area (Å²) in [7, 11) is 0. The van der Waals surface area contributed by atoms with E-state index in [1.165, 1.54) is 6.92 Å². The summed E-state index contributed by atoms with van der Waals surface area (Å²) in [6.45, 7) is 3.59. The van der Waals surface area contributed by atoms with Crippen molar-refractivity contribution in [1.29, 1.82) is 0 Å². The Balaban J connectivity index is 1.86. The van der Waals surface area contributed by atoms with Crippen molar-refractivity contribution in [3.05, 3.63) is 59.1 Å². The van der Waals surface area contributed by atoms with Crippen LogP contribution in [0.15, 0.2) is 48.5 Å². The lowest BCUT2D eigenvalue weighted by Gasteiger charge is -2.14. The molecule has 0 fully saturated rings. The van der Waals surface area contributed by atoms with Crippen LogP contribution in [0.2, 0.25) is 5.02 Å². The maximum atomic E-state index is 12.1. The molecule has 126 valence electrons. The average Bonchev–Trinajstić information content (AvgIpc) is 2.53. The van der Waals surface area contributed by atoms with Gasteiger partial charge in [0.25, 0.3) is 0 Å². The van der Waals surface area contributed by atoms with E-state index in [4.69, 9.17) is 11.6 Å². The molecule has 0 aliphatic rings. The molecule has 0 spiro atoms. The van der Waals surface area contributed by atoms with Crippen molar-refractivity contribution in [1.82, 2.24) is 5.32 Å². The minimum atomic E-state index is -0.157. The topological polar surface area (TPSA) is 70.2 Å². The Morgan fingerprint density at radius 1 is 1.04 bits per heavy atom. The van der Waals surface area contributed by atoms with Gasteiger partial charge in [0.2, 0.25) is 11.8 Å². The van der Waals surface area contributed by atoms with E-state index >= 15 is 0 Å². The van der Waals surface area contributed by atoms with Gasteiger partial charge < -0.3 is 16.0 Å². The van der Waals surface area contributed by atoms with Crippen LogP contribution in [-0.2, 0) is 9.59 Å². The van der Waals surface area contributed by atoms with Crippen molar-refractivity contribution in [3.63, 3.8) is 0 Å². The van der Waals surface area contributed by atoms with Gasteiger partial charge in [-0.15, -0.1) is 0 Å². The van der Waals surface area contributed by atoms with Crippen LogP contribution in [0.25, 0.3) is 0 Å². The van der Waals surface area contributed by atoms with Crippen LogP contribution in [0, 0.1) is 0 Å². The zero-order valence-corrected chi connectivity index (χ0v) is 14.4. The Morgan fingerprint density at radius 3 is 2.29 bits per heavy atom. The van der Waals surface area contributed by atoms with Crippen molar-refractivity contribution in [2.45, 2.75) is 19.9 Å². The largest absolute Gasteiger partial charge is 0.326 e.